The summed E-state index contributed by atoms with van der Waals surface area (Å²) in [6.45, 7) is 1.83. The van der Waals surface area contributed by atoms with Crippen LogP contribution in [0.1, 0.15) is 50.4 Å². The van der Waals surface area contributed by atoms with Crippen LogP contribution in [0.5, 0.6) is 0 Å². The van der Waals surface area contributed by atoms with Crippen molar-refractivity contribution in [2.75, 3.05) is 24.0 Å². The molecular weight excluding hydrogens is 512 g/mol. The molecule has 3 aromatic rings. The highest BCUT2D eigenvalue weighted by molar-refractivity contribution is 6.11. The van der Waals surface area contributed by atoms with Crippen LogP contribution in [0.15, 0.2) is 41.2 Å². The number of benzene rings is 1. The van der Waals surface area contributed by atoms with E-state index < -0.39 is 37.3 Å². The summed E-state index contributed by atoms with van der Waals surface area (Å²) in [5.41, 5.74) is 2.46. The second-order valence-corrected chi connectivity index (χ2v) is 8.68. The lowest BCUT2D eigenvalue weighted by Gasteiger charge is -2.20. The third kappa shape index (κ3) is 6.30. The van der Waals surface area contributed by atoms with Gasteiger partial charge in [-0.15, -0.1) is 0 Å². The molecular formula is C25H26N6O8. The number of rotatable bonds is 9. The zero-order valence-electron chi connectivity index (χ0n) is 21.1. The van der Waals surface area contributed by atoms with Gasteiger partial charge in [0.25, 0.3) is 11.8 Å². The van der Waals surface area contributed by atoms with Crippen LogP contribution in [0.3, 0.4) is 0 Å². The molecule has 1 fully saturated rings. The fourth-order valence-electron chi connectivity index (χ4n) is 3.66. The number of amidine groups is 1. The summed E-state index contributed by atoms with van der Waals surface area (Å²) >= 11 is 0. The highest BCUT2D eigenvalue weighted by Gasteiger charge is 2.40. The number of carbonyl (C=O) groups is 4. The molecule has 0 spiro atoms. The Morgan fingerprint density at radius 2 is 1.95 bits per heavy atom. The van der Waals surface area contributed by atoms with E-state index in [9.17, 15) is 19.2 Å². The standard InChI is InChI=1S/C25H26N6O8/c1-13-3-4-15(23(34)29-19-7-8-39-30-19)9-18(13)28-22(26)21-14(2)17(10-27-21)24(35)31(16-5-6-16)25(36)38-12-37-20(33)11-32/h3-4,7-10,16,27,32H,5-6,11-12H2,1-2H3,(H2,26,28)(H,29,30,34). The van der Waals surface area contributed by atoms with E-state index in [4.69, 9.17) is 19.8 Å². The van der Waals surface area contributed by atoms with E-state index in [-0.39, 0.29) is 23.3 Å². The van der Waals surface area contributed by atoms with Crippen molar-refractivity contribution < 1.29 is 38.3 Å². The van der Waals surface area contributed by atoms with Gasteiger partial charge >= 0.3 is 12.1 Å². The Bertz CT molecular complexity index is 1410. The van der Waals surface area contributed by atoms with Crippen molar-refractivity contribution in [1.82, 2.24) is 15.0 Å². The van der Waals surface area contributed by atoms with Gasteiger partial charge in [0.05, 0.1) is 11.3 Å². The molecule has 0 unspecified atom stereocenters. The van der Waals surface area contributed by atoms with E-state index >= 15 is 0 Å². The van der Waals surface area contributed by atoms with Crippen molar-refractivity contribution in [3.63, 3.8) is 0 Å². The van der Waals surface area contributed by atoms with Crippen LogP contribution >= 0.6 is 0 Å². The van der Waals surface area contributed by atoms with E-state index in [0.717, 1.165) is 10.5 Å². The molecule has 0 bridgehead atoms. The maximum atomic E-state index is 13.3. The average Bonchev–Trinajstić information content (AvgIpc) is 3.45. The van der Waals surface area contributed by atoms with Crippen LogP contribution in [-0.2, 0) is 14.3 Å². The maximum absolute atomic E-state index is 13.3. The fraction of sp³-hybridized carbons (Fsp3) is 0.280. The molecule has 0 radical (unpaired) electrons. The Kier molecular flexibility index (Phi) is 8.05. The second kappa shape index (κ2) is 11.6. The summed E-state index contributed by atoms with van der Waals surface area (Å²) in [6.07, 6.45) is 2.95. The molecule has 2 aromatic heterocycles. The molecule has 4 rings (SSSR count). The number of amides is 3. The molecule has 0 saturated heterocycles. The number of hydrogen-bond acceptors (Lipinski definition) is 10. The Labute approximate surface area is 221 Å². The molecule has 14 heteroatoms. The van der Waals surface area contributed by atoms with E-state index in [1.807, 2.05) is 6.92 Å². The molecule has 1 aromatic carbocycles. The summed E-state index contributed by atoms with van der Waals surface area (Å²) < 4.78 is 14.1. The lowest BCUT2D eigenvalue weighted by atomic mass is 10.1. The summed E-state index contributed by atoms with van der Waals surface area (Å²) in [6, 6.07) is 6.08. The van der Waals surface area contributed by atoms with Gasteiger partial charge in [0.15, 0.2) is 5.82 Å². The number of ether oxygens (including phenoxy) is 2. The van der Waals surface area contributed by atoms with Crippen LogP contribution in [0, 0.1) is 19.3 Å². The minimum Gasteiger partial charge on any atom is -0.426 e. The van der Waals surface area contributed by atoms with Gasteiger partial charge in [0.1, 0.15) is 18.7 Å². The molecule has 1 aliphatic carbocycles. The van der Waals surface area contributed by atoms with Gasteiger partial charge in [0, 0.05) is 29.6 Å². The van der Waals surface area contributed by atoms with Gasteiger partial charge in [-0.1, -0.05) is 11.2 Å². The largest absolute Gasteiger partial charge is 0.426 e. The average molecular weight is 539 g/mol. The highest BCUT2D eigenvalue weighted by Crippen LogP contribution is 2.30. The minimum atomic E-state index is -0.986. The van der Waals surface area contributed by atoms with E-state index in [1.165, 1.54) is 18.5 Å². The first-order valence-corrected chi connectivity index (χ1v) is 11.8. The maximum Gasteiger partial charge on any atom is 0.419 e. The molecule has 0 aliphatic heterocycles. The normalized spacial score (nSPS) is 12.4. The molecule has 5 N–H and O–H groups in total. The molecule has 3 amide bonds. The number of aromatic amines is 1. The number of aliphatic hydroxyl groups excluding tert-OH is 1. The molecule has 2 heterocycles. The Morgan fingerprint density at radius 3 is 2.62 bits per heavy atom. The Balaban J connectivity index is 1.46. The number of aromatic nitrogens is 2. The number of nitrogens with zero attached hydrogens (tertiary/aromatic N) is 2. The minimum absolute atomic E-state index is 0.0693. The Hall–Kier alpha value is -4.98. The number of H-pyrrole nitrogens is 1. The van der Waals surface area contributed by atoms with Gasteiger partial charge in [-0.25, -0.2) is 14.5 Å². The molecule has 39 heavy (non-hydrogen) atoms. The zero-order chi connectivity index (χ0) is 28.1. The fourth-order valence-corrected chi connectivity index (χ4v) is 3.66. The predicted molar refractivity (Wildman–Crippen MR) is 135 cm³/mol. The number of nitrogens with one attached hydrogen (secondary N) is 4. The summed E-state index contributed by atoms with van der Waals surface area (Å²) in [5.74, 6) is -1.83. The first-order chi connectivity index (χ1) is 18.7. The second-order valence-electron chi connectivity index (χ2n) is 8.68. The number of carbonyl (C=O) groups excluding carboxylic acids is 4. The molecule has 1 saturated carbocycles. The van der Waals surface area contributed by atoms with E-state index in [2.05, 4.69) is 25.5 Å². The first-order valence-electron chi connectivity index (χ1n) is 11.8. The van der Waals surface area contributed by atoms with Crippen molar-refractivity contribution in [3.8, 4) is 0 Å². The first kappa shape index (κ1) is 27.1. The number of imide groups is 1. The van der Waals surface area contributed by atoms with Gasteiger partial charge in [0.2, 0.25) is 6.79 Å². The van der Waals surface area contributed by atoms with Gasteiger partial charge in [-0.3, -0.25) is 15.0 Å². The number of anilines is 2. The monoisotopic (exact) mass is 538 g/mol. The number of hydrogen-bond donors (Lipinski definition) is 5. The number of esters is 1. The Morgan fingerprint density at radius 1 is 1.18 bits per heavy atom. The van der Waals surface area contributed by atoms with Crippen LogP contribution in [0.25, 0.3) is 0 Å². The van der Waals surface area contributed by atoms with Crippen LogP contribution in [0.2, 0.25) is 0 Å². The predicted octanol–water partition coefficient (Wildman–Crippen LogP) is 2.54. The lowest BCUT2D eigenvalue weighted by molar-refractivity contribution is -0.155. The van der Waals surface area contributed by atoms with Crippen molar-refractivity contribution in [2.45, 2.75) is 32.7 Å². The molecule has 14 nitrogen and oxygen atoms in total. The third-order valence-electron chi connectivity index (χ3n) is 5.92. The van der Waals surface area contributed by atoms with Crippen LogP contribution in [0.4, 0.5) is 16.3 Å². The summed E-state index contributed by atoms with van der Waals surface area (Å²) in [4.78, 5) is 53.3. The van der Waals surface area contributed by atoms with Gasteiger partial charge in [-0.2, -0.15) is 0 Å². The molecule has 1 aliphatic rings. The SMILES string of the molecule is Cc1ccc(C(=O)Nc2ccon2)cc1NC(=N)c1[nH]cc(C(=O)N(C(=O)OCOC(=O)CO)C2CC2)c1C. The van der Waals surface area contributed by atoms with Crippen molar-refractivity contribution in [2.24, 2.45) is 0 Å². The van der Waals surface area contributed by atoms with Crippen molar-refractivity contribution >= 4 is 41.2 Å². The van der Waals surface area contributed by atoms with E-state index in [1.54, 1.807) is 25.1 Å². The molecule has 0 atom stereocenters. The molecule has 204 valence electrons. The van der Waals surface area contributed by atoms with Crippen molar-refractivity contribution in [3.05, 3.63) is 64.7 Å². The third-order valence-corrected chi connectivity index (χ3v) is 5.92. The smallest absolute Gasteiger partial charge is 0.419 e. The van der Waals surface area contributed by atoms with Crippen molar-refractivity contribution in [1.29, 1.82) is 5.41 Å². The highest BCUT2D eigenvalue weighted by atomic mass is 16.7. The zero-order valence-corrected chi connectivity index (χ0v) is 21.1. The number of aryl methyl sites for hydroxylation is 1. The quantitative estimate of drug-likeness (QED) is 0.117. The topological polar surface area (TPSA) is 200 Å². The summed E-state index contributed by atoms with van der Waals surface area (Å²) in [7, 11) is 0. The van der Waals surface area contributed by atoms with Gasteiger partial charge in [-0.05, 0) is 49.9 Å². The van der Waals surface area contributed by atoms with E-state index in [0.29, 0.717) is 35.3 Å². The lowest BCUT2D eigenvalue weighted by Crippen LogP contribution is -2.39. The van der Waals surface area contributed by atoms with Gasteiger partial charge < -0.3 is 34.7 Å². The van der Waals surface area contributed by atoms with Crippen LogP contribution in [-0.4, -0.2) is 69.3 Å². The summed E-state index contributed by atoms with van der Waals surface area (Å²) in [5, 5.41) is 26.5. The van der Waals surface area contributed by atoms with Crippen LogP contribution < -0.4 is 10.6 Å². The number of aliphatic hydroxyl groups is 1.